The van der Waals surface area contributed by atoms with E-state index in [0.717, 1.165) is 0 Å². The third kappa shape index (κ3) is 2.83. The molecule has 1 aromatic heterocycles. The number of halogens is 1. The van der Waals surface area contributed by atoms with Crippen LogP contribution < -0.4 is 5.73 Å². The molecule has 1 heterocycles. The van der Waals surface area contributed by atoms with E-state index < -0.39 is 6.10 Å². The molecule has 0 aliphatic rings. The molecule has 0 bridgehead atoms. The van der Waals surface area contributed by atoms with Gasteiger partial charge in [-0.1, -0.05) is 11.6 Å². The average molecular weight is 217 g/mol. The Labute approximate surface area is 87.7 Å². The number of nitrogens with zero attached hydrogens (tertiary/aromatic N) is 1. The number of nitrogens with two attached hydrogens (primary N) is 1. The molecule has 0 aliphatic carbocycles. The Morgan fingerprint density at radius 1 is 1.71 bits per heavy atom. The smallest absolute Gasteiger partial charge is 0.129 e. The highest BCUT2D eigenvalue weighted by molar-refractivity contribution is 6.30. The van der Waals surface area contributed by atoms with E-state index in [4.69, 9.17) is 22.1 Å². The second kappa shape index (κ2) is 5.14. The molecule has 0 fully saturated rings. The molecule has 0 aromatic carbocycles. The van der Waals surface area contributed by atoms with Crippen LogP contribution in [0.4, 0.5) is 5.82 Å². The minimum Gasteiger partial charge on any atom is -0.386 e. The van der Waals surface area contributed by atoms with Crippen molar-refractivity contribution in [2.75, 3.05) is 18.9 Å². The van der Waals surface area contributed by atoms with Crippen molar-refractivity contribution < 1.29 is 9.84 Å². The van der Waals surface area contributed by atoms with Crippen LogP contribution in [0.2, 0.25) is 5.02 Å². The fourth-order valence-corrected chi connectivity index (χ4v) is 1.22. The van der Waals surface area contributed by atoms with E-state index in [9.17, 15) is 5.11 Å². The number of pyridine rings is 1. The van der Waals surface area contributed by atoms with Gasteiger partial charge in [-0.15, -0.1) is 0 Å². The van der Waals surface area contributed by atoms with E-state index in [-0.39, 0.29) is 12.4 Å². The molecule has 0 saturated heterocycles. The summed E-state index contributed by atoms with van der Waals surface area (Å²) < 4.78 is 5.07. The molecule has 1 unspecified atom stereocenters. The summed E-state index contributed by atoms with van der Waals surface area (Å²) in [6.07, 6.45) is 0.662. The van der Waals surface area contributed by atoms with Crippen molar-refractivity contribution in [3.8, 4) is 0 Å². The summed E-state index contributed by atoms with van der Waals surface area (Å²) in [6.45, 7) is 2.60. The fraction of sp³-hybridized carbons (Fsp3) is 0.444. The zero-order valence-electron chi connectivity index (χ0n) is 7.90. The number of hydrogen-bond donors (Lipinski definition) is 2. The second-order valence-corrected chi connectivity index (χ2v) is 3.24. The first-order valence-corrected chi connectivity index (χ1v) is 4.69. The Bertz CT molecular complexity index is 307. The monoisotopic (exact) mass is 216 g/mol. The van der Waals surface area contributed by atoms with Gasteiger partial charge < -0.3 is 15.6 Å². The summed E-state index contributed by atoms with van der Waals surface area (Å²) in [4.78, 5) is 3.84. The lowest BCUT2D eigenvalue weighted by Gasteiger charge is -2.12. The predicted octanol–water partition coefficient (Wildman–Crippen LogP) is 1.39. The van der Waals surface area contributed by atoms with Gasteiger partial charge >= 0.3 is 0 Å². The molecular formula is C9H13ClN2O2. The van der Waals surface area contributed by atoms with Gasteiger partial charge in [-0.2, -0.15) is 0 Å². The molecule has 1 atom stereocenters. The van der Waals surface area contributed by atoms with Crippen LogP contribution in [0.15, 0.2) is 12.3 Å². The van der Waals surface area contributed by atoms with Gasteiger partial charge in [0, 0.05) is 18.4 Å². The van der Waals surface area contributed by atoms with Crippen LogP contribution in [0.25, 0.3) is 0 Å². The van der Waals surface area contributed by atoms with Crippen LogP contribution in [-0.4, -0.2) is 23.3 Å². The van der Waals surface area contributed by atoms with Crippen molar-refractivity contribution in [2.24, 2.45) is 0 Å². The maximum atomic E-state index is 9.65. The van der Waals surface area contributed by atoms with Crippen molar-refractivity contribution in [2.45, 2.75) is 13.0 Å². The first-order chi connectivity index (χ1) is 6.65. The molecule has 0 aliphatic heterocycles. The van der Waals surface area contributed by atoms with Gasteiger partial charge in [0.25, 0.3) is 0 Å². The number of anilines is 1. The largest absolute Gasteiger partial charge is 0.386 e. The molecule has 0 saturated carbocycles. The minimum atomic E-state index is -0.777. The molecule has 4 nitrogen and oxygen atoms in total. The molecule has 78 valence electrons. The lowest BCUT2D eigenvalue weighted by atomic mass is 10.1. The molecule has 5 heteroatoms. The van der Waals surface area contributed by atoms with Crippen LogP contribution >= 0.6 is 11.6 Å². The number of aliphatic hydroxyl groups excluding tert-OH is 1. The molecule has 0 amide bonds. The number of nitrogen functional groups attached to an aromatic ring is 1. The van der Waals surface area contributed by atoms with Crippen LogP contribution in [0.5, 0.6) is 0 Å². The topological polar surface area (TPSA) is 68.4 Å². The van der Waals surface area contributed by atoms with E-state index in [2.05, 4.69) is 4.98 Å². The summed E-state index contributed by atoms with van der Waals surface area (Å²) in [6, 6.07) is 1.59. The molecule has 1 aromatic rings. The first-order valence-electron chi connectivity index (χ1n) is 4.32. The van der Waals surface area contributed by atoms with Gasteiger partial charge in [-0.3, -0.25) is 0 Å². The van der Waals surface area contributed by atoms with E-state index in [1.807, 2.05) is 6.92 Å². The van der Waals surface area contributed by atoms with Crippen molar-refractivity contribution in [3.05, 3.63) is 22.8 Å². The van der Waals surface area contributed by atoms with Gasteiger partial charge in [0.2, 0.25) is 0 Å². The van der Waals surface area contributed by atoms with Gasteiger partial charge in [0.15, 0.2) is 0 Å². The third-order valence-electron chi connectivity index (χ3n) is 1.75. The van der Waals surface area contributed by atoms with Crippen LogP contribution in [0, 0.1) is 0 Å². The Hall–Kier alpha value is -0.840. The summed E-state index contributed by atoms with van der Waals surface area (Å²) in [7, 11) is 0. The molecule has 0 spiro atoms. The molecule has 1 rings (SSSR count). The highest BCUT2D eigenvalue weighted by Crippen LogP contribution is 2.22. The number of rotatable bonds is 4. The van der Waals surface area contributed by atoms with Crippen molar-refractivity contribution in [3.63, 3.8) is 0 Å². The van der Waals surface area contributed by atoms with E-state index in [1.165, 1.54) is 6.20 Å². The quantitative estimate of drug-likeness (QED) is 0.798. The minimum absolute atomic E-state index is 0.197. The molecular weight excluding hydrogens is 204 g/mol. The summed E-state index contributed by atoms with van der Waals surface area (Å²) in [5.74, 6) is 0.279. The predicted molar refractivity (Wildman–Crippen MR) is 55.1 cm³/mol. The highest BCUT2D eigenvalue weighted by Gasteiger charge is 2.12. The van der Waals surface area contributed by atoms with Gasteiger partial charge in [-0.05, 0) is 13.0 Å². The van der Waals surface area contributed by atoms with Gasteiger partial charge in [0.05, 0.1) is 11.6 Å². The average Bonchev–Trinajstić information content (AvgIpc) is 2.18. The number of ether oxygens (including phenoxy) is 1. The normalized spacial score (nSPS) is 12.8. The van der Waals surface area contributed by atoms with Crippen LogP contribution in [-0.2, 0) is 4.74 Å². The SMILES string of the molecule is CCOCC(O)c1cc(Cl)cnc1N. The zero-order valence-corrected chi connectivity index (χ0v) is 8.66. The Morgan fingerprint density at radius 2 is 2.43 bits per heavy atom. The fourth-order valence-electron chi connectivity index (χ4n) is 1.05. The van der Waals surface area contributed by atoms with Crippen molar-refractivity contribution in [1.29, 1.82) is 0 Å². The van der Waals surface area contributed by atoms with Gasteiger partial charge in [0.1, 0.15) is 11.9 Å². The second-order valence-electron chi connectivity index (χ2n) is 2.80. The first kappa shape index (κ1) is 11.2. The molecule has 3 N–H and O–H groups in total. The van der Waals surface area contributed by atoms with Crippen LogP contribution in [0.1, 0.15) is 18.6 Å². The van der Waals surface area contributed by atoms with E-state index in [0.29, 0.717) is 17.2 Å². The van der Waals surface area contributed by atoms with Crippen molar-refractivity contribution in [1.82, 2.24) is 4.98 Å². The summed E-state index contributed by atoms with van der Waals surface area (Å²) in [5.41, 5.74) is 6.08. The Morgan fingerprint density at radius 3 is 3.07 bits per heavy atom. The standard InChI is InChI=1S/C9H13ClN2O2/c1-2-14-5-8(13)7-3-6(10)4-12-9(7)11/h3-4,8,13H,2,5H2,1H3,(H2,11,12). The Balaban J connectivity index is 2.77. The number of hydrogen-bond acceptors (Lipinski definition) is 4. The lowest BCUT2D eigenvalue weighted by molar-refractivity contribution is 0.0423. The Kier molecular flexibility index (Phi) is 4.13. The molecule has 0 radical (unpaired) electrons. The zero-order chi connectivity index (χ0) is 10.6. The number of aromatic nitrogens is 1. The van der Waals surface area contributed by atoms with E-state index >= 15 is 0 Å². The number of aliphatic hydroxyl groups is 1. The maximum absolute atomic E-state index is 9.65. The molecule has 14 heavy (non-hydrogen) atoms. The summed E-state index contributed by atoms with van der Waals surface area (Å²) in [5, 5.41) is 10.1. The highest BCUT2D eigenvalue weighted by atomic mass is 35.5. The van der Waals surface area contributed by atoms with Crippen LogP contribution in [0.3, 0.4) is 0 Å². The van der Waals surface area contributed by atoms with E-state index in [1.54, 1.807) is 6.07 Å². The third-order valence-corrected chi connectivity index (χ3v) is 1.96. The lowest BCUT2D eigenvalue weighted by Crippen LogP contribution is -2.10. The van der Waals surface area contributed by atoms with Crippen molar-refractivity contribution >= 4 is 17.4 Å². The van der Waals surface area contributed by atoms with Gasteiger partial charge in [-0.25, -0.2) is 4.98 Å². The maximum Gasteiger partial charge on any atom is 0.129 e. The summed E-state index contributed by atoms with van der Waals surface area (Å²) >= 11 is 5.72.